The molecule has 0 aliphatic carbocycles. The maximum Gasteiger partial charge on any atom is 0.354 e. The van der Waals surface area contributed by atoms with Crippen LogP contribution in [0.4, 0.5) is 0 Å². The molecule has 0 aromatic carbocycles. The monoisotopic (exact) mass is 217 g/mol. The van der Waals surface area contributed by atoms with E-state index in [4.69, 9.17) is 0 Å². The Balaban J connectivity index is 2.68. The zero-order chi connectivity index (χ0) is 8.27. The molecule has 0 saturated carbocycles. The predicted molar refractivity (Wildman–Crippen MR) is 45.1 cm³/mol. The van der Waals surface area contributed by atoms with Crippen LogP contribution in [-0.4, -0.2) is 19.6 Å². The van der Waals surface area contributed by atoms with E-state index in [1.165, 1.54) is 7.11 Å². The van der Waals surface area contributed by atoms with Gasteiger partial charge in [-0.05, 0) is 12.2 Å². The molecule has 0 radical (unpaired) electrons. The summed E-state index contributed by atoms with van der Waals surface area (Å²) >= 11 is 3.29. The lowest BCUT2D eigenvalue weighted by Crippen LogP contribution is -2.24. The van der Waals surface area contributed by atoms with Gasteiger partial charge in [-0.1, -0.05) is 15.9 Å². The number of dihydropyridines is 1. The van der Waals surface area contributed by atoms with Crippen LogP contribution in [0.5, 0.6) is 0 Å². The van der Waals surface area contributed by atoms with E-state index in [1.54, 1.807) is 6.08 Å². The highest BCUT2D eigenvalue weighted by atomic mass is 79.9. The van der Waals surface area contributed by atoms with Crippen LogP contribution in [0.15, 0.2) is 22.3 Å². The van der Waals surface area contributed by atoms with E-state index in [-0.39, 0.29) is 5.97 Å². The van der Waals surface area contributed by atoms with Gasteiger partial charge in [-0.25, -0.2) is 4.79 Å². The van der Waals surface area contributed by atoms with Gasteiger partial charge in [0, 0.05) is 11.0 Å². The van der Waals surface area contributed by atoms with Crippen LogP contribution in [-0.2, 0) is 9.53 Å². The van der Waals surface area contributed by atoms with Gasteiger partial charge < -0.3 is 10.1 Å². The highest BCUT2D eigenvalue weighted by Crippen LogP contribution is 2.09. The van der Waals surface area contributed by atoms with E-state index in [2.05, 4.69) is 26.0 Å². The van der Waals surface area contributed by atoms with Crippen LogP contribution in [0.25, 0.3) is 0 Å². The summed E-state index contributed by atoms with van der Waals surface area (Å²) in [6, 6.07) is 0. The maximum absolute atomic E-state index is 10.9. The average Bonchev–Trinajstić information content (AvgIpc) is 2.05. The van der Waals surface area contributed by atoms with Crippen LogP contribution >= 0.6 is 15.9 Å². The van der Waals surface area contributed by atoms with E-state index in [0.29, 0.717) is 12.2 Å². The first kappa shape index (κ1) is 8.33. The van der Waals surface area contributed by atoms with Gasteiger partial charge in [-0.2, -0.15) is 0 Å². The topological polar surface area (TPSA) is 38.3 Å². The first-order valence-corrected chi connectivity index (χ1v) is 3.92. The normalized spacial score (nSPS) is 16.2. The van der Waals surface area contributed by atoms with Crippen molar-refractivity contribution in [3.63, 3.8) is 0 Å². The fourth-order valence-electron chi connectivity index (χ4n) is 0.721. The van der Waals surface area contributed by atoms with E-state index in [0.717, 1.165) is 4.48 Å². The fraction of sp³-hybridized carbons (Fsp3) is 0.286. The number of halogens is 1. The smallest absolute Gasteiger partial charge is 0.354 e. The Morgan fingerprint density at radius 3 is 2.91 bits per heavy atom. The van der Waals surface area contributed by atoms with Crippen molar-refractivity contribution < 1.29 is 9.53 Å². The molecule has 0 bridgehead atoms. The van der Waals surface area contributed by atoms with Crippen molar-refractivity contribution in [1.82, 2.24) is 5.32 Å². The minimum absolute atomic E-state index is 0.332. The van der Waals surface area contributed by atoms with Crippen molar-refractivity contribution in [3.8, 4) is 0 Å². The molecule has 0 saturated heterocycles. The first-order chi connectivity index (χ1) is 5.24. The Morgan fingerprint density at radius 2 is 2.45 bits per heavy atom. The highest BCUT2D eigenvalue weighted by molar-refractivity contribution is 9.11. The summed E-state index contributed by atoms with van der Waals surface area (Å²) in [6.45, 7) is 0.640. The molecule has 1 N–H and O–H groups in total. The molecular formula is C7H8BrNO2. The van der Waals surface area contributed by atoms with E-state index in [9.17, 15) is 4.79 Å². The number of ether oxygens (including phenoxy) is 1. The number of esters is 1. The molecule has 0 atom stereocenters. The largest absolute Gasteiger partial charge is 0.464 e. The molecule has 3 nitrogen and oxygen atoms in total. The Labute approximate surface area is 73.2 Å². The summed E-state index contributed by atoms with van der Waals surface area (Å²) in [5.74, 6) is -0.332. The van der Waals surface area contributed by atoms with Gasteiger partial charge in [-0.3, -0.25) is 0 Å². The van der Waals surface area contributed by atoms with Gasteiger partial charge in [0.1, 0.15) is 5.70 Å². The van der Waals surface area contributed by atoms with Crippen LogP contribution in [0, 0.1) is 0 Å². The van der Waals surface area contributed by atoms with Crippen LogP contribution in [0.2, 0.25) is 0 Å². The SMILES string of the molecule is COC(=O)C1=CC=C(Br)CN1. The molecule has 0 fully saturated rings. The van der Waals surface area contributed by atoms with Crippen LogP contribution in [0.1, 0.15) is 0 Å². The third-order valence-electron chi connectivity index (χ3n) is 1.28. The van der Waals surface area contributed by atoms with E-state index < -0.39 is 0 Å². The second-order valence-electron chi connectivity index (χ2n) is 2.04. The number of allylic oxidation sites excluding steroid dienone is 2. The lowest BCUT2D eigenvalue weighted by molar-refractivity contribution is -0.136. The zero-order valence-corrected chi connectivity index (χ0v) is 7.64. The molecule has 1 heterocycles. The van der Waals surface area contributed by atoms with Crippen molar-refractivity contribution >= 4 is 21.9 Å². The van der Waals surface area contributed by atoms with Gasteiger partial charge in [-0.15, -0.1) is 0 Å². The van der Waals surface area contributed by atoms with Crippen molar-refractivity contribution in [1.29, 1.82) is 0 Å². The van der Waals surface area contributed by atoms with Crippen molar-refractivity contribution in [2.75, 3.05) is 13.7 Å². The van der Waals surface area contributed by atoms with Crippen LogP contribution in [0.3, 0.4) is 0 Å². The third-order valence-corrected chi connectivity index (χ3v) is 1.83. The quantitative estimate of drug-likeness (QED) is 0.665. The average molecular weight is 218 g/mol. The van der Waals surface area contributed by atoms with E-state index >= 15 is 0 Å². The van der Waals surface area contributed by atoms with Crippen molar-refractivity contribution in [3.05, 3.63) is 22.3 Å². The van der Waals surface area contributed by atoms with Gasteiger partial charge in [0.2, 0.25) is 0 Å². The molecule has 0 amide bonds. The Kier molecular flexibility index (Phi) is 2.70. The Morgan fingerprint density at radius 1 is 1.73 bits per heavy atom. The second kappa shape index (κ2) is 3.57. The van der Waals surface area contributed by atoms with Crippen molar-refractivity contribution in [2.45, 2.75) is 0 Å². The molecule has 11 heavy (non-hydrogen) atoms. The van der Waals surface area contributed by atoms with Gasteiger partial charge >= 0.3 is 5.97 Å². The number of carbonyl (C=O) groups excluding carboxylic acids is 1. The van der Waals surface area contributed by atoms with Crippen molar-refractivity contribution in [2.24, 2.45) is 0 Å². The lowest BCUT2D eigenvalue weighted by atomic mass is 10.3. The second-order valence-corrected chi connectivity index (χ2v) is 3.06. The summed E-state index contributed by atoms with van der Waals surface area (Å²) in [6.07, 6.45) is 3.50. The molecule has 0 spiro atoms. The first-order valence-electron chi connectivity index (χ1n) is 3.12. The molecular weight excluding hydrogens is 210 g/mol. The number of nitrogens with one attached hydrogen (secondary N) is 1. The molecule has 0 aromatic rings. The number of hydrogen-bond acceptors (Lipinski definition) is 3. The fourth-order valence-corrected chi connectivity index (χ4v) is 0.994. The molecule has 60 valence electrons. The zero-order valence-electron chi connectivity index (χ0n) is 6.06. The molecule has 0 aromatic heterocycles. The van der Waals surface area contributed by atoms with Gasteiger partial charge in [0.25, 0.3) is 0 Å². The number of methoxy groups -OCH3 is 1. The Bertz CT molecular complexity index is 233. The molecule has 1 rings (SSSR count). The molecule has 1 aliphatic heterocycles. The lowest BCUT2D eigenvalue weighted by Gasteiger charge is -2.11. The van der Waals surface area contributed by atoms with Crippen LogP contribution < -0.4 is 5.32 Å². The summed E-state index contributed by atoms with van der Waals surface area (Å²) in [5, 5.41) is 2.89. The predicted octanol–water partition coefficient (Wildman–Crippen LogP) is 0.925. The summed E-state index contributed by atoms with van der Waals surface area (Å²) in [5.41, 5.74) is 0.496. The summed E-state index contributed by atoms with van der Waals surface area (Å²) in [7, 11) is 1.36. The third kappa shape index (κ3) is 2.08. The molecule has 0 unspecified atom stereocenters. The van der Waals surface area contributed by atoms with E-state index in [1.807, 2.05) is 6.08 Å². The summed E-state index contributed by atoms with van der Waals surface area (Å²) < 4.78 is 5.53. The maximum atomic E-state index is 10.9. The molecule has 4 heteroatoms. The minimum atomic E-state index is -0.332. The number of hydrogen-bond donors (Lipinski definition) is 1. The number of carbonyl (C=O) groups is 1. The Hall–Kier alpha value is -0.770. The summed E-state index contributed by atoms with van der Waals surface area (Å²) in [4.78, 5) is 10.9. The number of rotatable bonds is 1. The standard InChI is InChI=1S/C7H8BrNO2/c1-11-7(10)6-3-2-5(8)4-9-6/h2-3,9H,4H2,1H3. The van der Waals surface area contributed by atoms with Gasteiger partial charge in [0.15, 0.2) is 0 Å². The van der Waals surface area contributed by atoms with Gasteiger partial charge in [0.05, 0.1) is 7.11 Å². The molecule has 1 aliphatic rings. The minimum Gasteiger partial charge on any atom is -0.464 e. The highest BCUT2D eigenvalue weighted by Gasteiger charge is 2.10.